The second-order valence-corrected chi connectivity index (χ2v) is 14.5. The molecule has 0 rings (SSSR count). The fourth-order valence-corrected chi connectivity index (χ4v) is 5.32. The van der Waals surface area contributed by atoms with Crippen LogP contribution in [0.3, 0.4) is 0 Å². The molecule has 0 amide bonds. The van der Waals surface area contributed by atoms with Crippen molar-refractivity contribution < 1.29 is 38.2 Å². The smallest absolute Gasteiger partial charge is 0.306 e. The van der Waals surface area contributed by atoms with E-state index in [1.807, 2.05) is 0 Å². The Morgan fingerprint density at radius 1 is 0.574 bits per heavy atom. The minimum Gasteiger partial charge on any atom is -0.544 e. The summed E-state index contributed by atoms with van der Waals surface area (Å²) in [5.74, 6) is -1.84. The molecule has 0 aliphatic heterocycles. The molecular formula is C46H75NO7. The molecule has 0 saturated heterocycles. The summed E-state index contributed by atoms with van der Waals surface area (Å²) in [6, 6.07) is -0.742. The SMILES string of the molecule is CC/C=C\C/C=C\C/C=C\C/C=C\C/C=C\CCCC(=O)OC(COCCC(C(=O)[O-])[N+](C)(C)C)COC(=O)CCCCCCC/C=C\C/C=C\CCC. The van der Waals surface area contributed by atoms with Crippen LogP contribution in [0, 0.1) is 0 Å². The van der Waals surface area contributed by atoms with E-state index in [1.165, 1.54) is 6.42 Å². The first-order valence-corrected chi connectivity index (χ1v) is 20.6. The highest BCUT2D eigenvalue weighted by atomic mass is 16.6. The van der Waals surface area contributed by atoms with Crippen molar-refractivity contribution in [1.29, 1.82) is 0 Å². The maximum atomic E-state index is 12.7. The number of unbranched alkanes of at least 4 members (excludes halogenated alkanes) is 7. The molecule has 0 aromatic carbocycles. The number of carboxylic acid groups (broad SMARTS) is 1. The average Bonchev–Trinajstić information content (AvgIpc) is 3.12. The number of carboxylic acids is 1. The van der Waals surface area contributed by atoms with Gasteiger partial charge in [-0.25, -0.2) is 0 Å². The molecule has 0 saturated carbocycles. The Morgan fingerprint density at radius 3 is 1.59 bits per heavy atom. The van der Waals surface area contributed by atoms with Crippen LogP contribution >= 0.6 is 0 Å². The Morgan fingerprint density at radius 2 is 1.06 bits per heavy atom. The van der Waals surface area contributed by atoms with Gasteiger partial charge in [-0.3, -0.25) is 9.59 Å². The van der Waals surface area contributed by atoms with E-state index in [0.29, 0.717) is 12.8 Å². The van der Waals surface area contributed by atoms with Gasteiger partial charge in [-0.2, -0.15) is 0 Å². The summed E-state index contributed by atoms with van der Waals surface area (Å²) < 4.78 is 17.0. The van der Waals surface area contributed by atoms with Gasteiger partial charge in [0.1, 0.15) is 12.6 Å². The van der Waals surface area contributed by atoms with E-state index < -0.39 is 18.1 Å². The molecule has 8 nitrogen and oxygen atoms in total. The van der Waals surface area contributed by atoms with Crippen molar-refractivity contribution in [2.45, 2.75) is 148 Å². The summed E-state index contributed by atoms with van der Waals surface area (Å²) in [6.07, 6.45) is 46.1. The lowest BCUT2D eigenvalue weighted by Gasteiger charge is -2.34. The lowest BCUT2D eigenvalue weighted by molar-refractivity contribution is -0.889. The van der Waals surface area contributed by atoms with Gasteiger partial charge in [-0.1, -0.05) is 125 Å². The number of allylic oxidation sites excluding steroid dienone is 14. The van der Waals surface area contributed by atoms with Crippen molar-refractivity contribution in [3.8, 4) is 0 Å². The molecule has 0 aromatic heterocycles. The fraction of sp³-hybridized carbons (Fsp3) is 0.630. The zero-order valence-corrected chi connectivity index (χ0v) is 34.6. The molecular weight excluding hydrogens is 679 g/mol. The van der Waals surface area contributed by atoms with Crippen LogP contribution in [-0.2, 0) is 28.6 Å². The average molecular weight is 754 g/mol. The number of rotatable bonds is 35. The Balaban J connectivity index is 4.53. The van der Waals surface area contributed by atoms with Crippen LogP contribution in [0.1, 0.15) is 136 Å². The van der Waals surface area contributed by atoms with Gasteiger partial charge in [0.25, 0.3) is 0 Å². The molecule has 2 unspecified atom stereocenters. The number of esters is 2. The van der Waals surface area contributed by atoms with Gasteiger partial charge in [0.2, 0.25) is 0 Å². The van der Waals surface area contributed by atoms with Crippen molar-refractivity contribution in [1.82, 2.24) is 0 Å². The minimum atomic E-state index is -1.14. The number of likely N-dealkylation sites (N-methyl/N-ethyl adjacent to an activating group) is 1. The molecule has 2 atom stereocenters. The van der Waals surface area contributed by atoms with Gasteiger partial charge in [0, 0.05) is 19.3 Å². The molecule has 0 radical (unpaired) electrons. The van der Waals surface area contributed by atoms with Crippen LogP contribution in [-0.4, -0.2) is 75.5 Å². The molecule has 0 spiro atoms. The van der Waals surface area contributed by atoms with E-state index in [1.54, 1.807) is 21.1 Å². The number of hydrogen-bond donors (Lipinski definition) is 0. The predicted molar refractivity (Wildman–Crippen MR) is 222 cm³/mol. The van der Waals surface area contributed by atoms with Gasteiger partial charge in [0.15, 0.2) is 6.10 Å². The highest BCUT2D eigenvalue weighted by Crippen LogP contribution is 2.11. The molecule has 0 aliphatic carbocycles. The largest absolute Gasteiger partial charge is 0.544 e. The molecule has 54 heavy (non-hydrogen) atoms. The number of nitrogens with zero attached hydrogens (tertiary/aromatic N) is 1. The van der Waals surface area contributed by atoms with Crippen LogP contribution in [0.2, 0.25) is 0 Å². The minimum absolute atomic E-state index is 0.00811. The van der Waals surface area contributed by atoms with Crippen molar-refractivity contribution in [3.05, 3.63) is 85.1 Å². The van der Waals surface area contributed by atoms with Crippen molar-refractivity contribution in [3.63, 3.8) is 0 Å². The summed E-state index contributed by atoms with van der Waals surface area (Å²) >= 11 is 0. The molecule has 0 aromatic rings. The maximum Gasteiger partial charge on any atom is 0.306 e. The second-order valence-electron chi connectivity index (χ2n) is 14.5. The summed E-state index contributed by atoms with van der Waals surface area (Å²) in [5.41, 5.74) is 0. The molecule has 0 heterocycles. The van der Waals surface area contributed by atoms with Gasteiger partial charge in [0.05, 0.1) is 40.3 Å². The third kappa shape index (κ3) is 34.3. The Kier molecular flexibility index (Phi) is 34.1. The molecule has 0 aliphatic rings. The Hall–Kier alpha value is -3.49. The van der Waals surface area contributed by atoms with Crippen molar-refractivity contribution in [2.24, 2.45) is 0 Å². The van der Waals surface area contributed by atoms with Gasteiger partial charge in [-0.05, 0) is 77.0 Å². The normalized spacial score (nSPS) is 13.9. The summed E-state index contributed by atoms with van der Waals surface area (Å²) in [6.45, 7) is 4.38. The topological polar surface area (TPSA) is 102 Å². The van der Waals surface area contributed by atoms with Gasteiger partial charge < -0.3 is 28.6 Å². The fourth-order valence-electron chi connectivity index (χ4n) is 5.32. The third-order valence-corrected chi connectivity index (χ3v) is 8.50. The monoisotopic (exact) mass is 754 g/mol. The number of ether oxygens (including phenoxy) is 3. The number of aliphatic carboxylic acids is 1. The third-order valence-electron chi connectivity index (χ3n) is 8.50. The molecule has 0 N–H and O–H groups in total. The first-order chi connectivity index (χ1) is 26.1. The Labute approximate surface area is 329 Å². The van der Waals surface area contributed by atoms with Gasteiger partial charge >= 0.3 is 11.9 Å². The van der Waals surface area contributed by atoms with Crippen molar-refractivity contribution >= 4 is 17.9 Å². The van der Waals surface area contributed by atoms with E-state index >= 15 is 0 Å². The highest BCUT2D eigenvalue weighted by molar-refractivity contribution is 5.70. The zero-order valence-electron chi connectivity index (χ0n) is 34.6. The molecule has 306 valence electrons. The standard InChI is InChI=1S/C46H75NO7/c1-6-8-10-12-14-16-18-20-21-22-23-25-27-29-31-33-35-37-45(49)54-42(40-52-39-38-43(46(50)51)47(3,4)5)41-53-44(48)36-34-32-30-28-26-24-19-17-15-13-11-9-7-2/h8,10-11,13-14,16-17,19-21,23,25,29,31,42-43H,6-7,9,12,15,18,22,24,26-28,30,32-41H2,1-5H3/b10-8-,13-11-,16-14-,19-17-,21-20-,25-23-,31-29-. The predicted octanol–water partition coefficient (Wildman–Crippen LogP) is 9.63. The lowest BCUT2D eigenvalue weighted by atomic mass is 10.1. The van der Waals surface area contributed by atoms with E-state index in [4.69, 9.17) is 14.2 Å². The summed E-state index contributed by atoms with van der Waals surface area (Å²) in [4.78, 5) is 36.7. The van der Waals surface area contributed by atoms with E-state index in [0.717, 1.165) is 89.9 Å². The molecule has 8 heteroatoms. The maximum absolute atomic E-state index is 12.7. The molecule has 0 bridgehead atoms. The second kappa shape index (κ2) is 36.5. The quantitative estimate of drug-likeness (QED) is 0.0275. The van der Waals surface area contributed by atoms with E-state index in [2.05, 4.69) is 98.9 Å². The lowest BCUT2D eigenvalue weighted by Crippen LogP contribution is -2.55. The van der Waals surface area contributed by atoms with Crippen LogP contribution in [0.4, 0.5) is 0 Å². The first kappa shape index (κ1) is 50.5. The number of carbonyl (C=O) groups excluding carboxylic acids is 3. The van der Waals surface area contributed by atoms with Gasteiger partial charge in [-0.15, -0.1) is 0 Å². The Bertz CT molecular complexity index is 1160. The number of quaternary nitrogens is 1. The number of carbonyl (C=O) groups is 3. The van der Waals surface area contributed by atoms with Crippen LogP contribution in [0.5, 0.6) is 0 Å². The van der Waals surface area contributed by atoms with Crippen molar-refractivity contribution in [2.75, 3.05) is 41.0 Å². The van der Waals surface area contributed by atoms with Crippen LogP contribution in [0.25, 0.3) is 0 Å². The summed E-state index contributed by atoms with van der Waals surface area (Å²) in [7, 11) is 5.37. The highest BCUT2D eigenvalue weighted by Gasteiger charge is 2.25. The zero-order chi connectivity index (χ0) is 40.0. The van der Waals surface area contributed by atoms with E-state index in [9.17, 15) is 19.5 Å². The van der Waals surface area contributed by atoms with Crippen LogP contribution < -0.4 is 5.11 Å². The van der Waals surface area contributed by atoms with E-state index in [-0.39, 0.29) is 49.1 Å². The first-order valence-electron chi connectivity index (χ1n) is 20.6. The molecule has 0 fully saturated rings. The number of hydrogen-bond acceptors (Lipinski definition) is 7. The van der Waals surface area contributed by atoms with Crippen LogP contribution in [0.15, 0.2) is 85.1 Å². The summed E-state index contributed by atoms with van der Waals surface area (Å²) in [5, 5.41) is 11.6.